The molecule has 4 heteroatoms. The van der Waals surface area contributed by atoms with Crippen LogP contribution < -0.4 is 0 Å². The minimum Gasteiger partial charge on any atom is -0.387 e. The zero-order valence-corrected chi connectivity index (χ0v) is 13.0. The van der Waals surface area contributed by atoms with Gasteiger partial charge in [-0.25, -0.2) is 0 Å². The maximum Gasteiger partial charge on any atom is 0.103 e. The molecule has 1 atom stereocenters. The highest BCUT2D eigenvalue weighted by Crippen LogP contribution is 2.18. The second-order valence-corrected chi connectivity index (χ2v) is 5.88. The van der Waals surface area contributed by atoms with E-state index in [9.17, 15) is 5.11 Å². The molecule has 0 amide bonds. The van der Waals surface area contributed by atoms with Crippen LogP contribution >= 0.6 is 11.7 Å². The molecule has 110 valence electrons. The molecule has 0 fully saturated rings. The van der Waals surface area contributed by atoms with Gasteiger partial charge in [-0.05, 0) is 6.42 Å². The second kappa shape index (κ2) is 11.4. The van der Waals surface area contributed by atoms with E-state index in [2.05, 4.69) is 15.7 Å². The molecule has 0 aliphatic rings. The smallest absolute Gasteiger partial charge is 0.103 e. The second-order valence-electron chi connectivity index (χ2n) is 5.32. The molecule has 0 radical (unpaired) electrons. The lowest BCUT2D eigenvalue weighted by molar-refractivity contribution is 0.159. The Balaban J connectivity index is 1.83. The van der Waals surface area contributed by atoms with Gasteiger partial charge in [-0.3, -0.25) is 0 Å². The first kappa shape index (κ1) is 16.6. The van der Waals surface area contributed by atoms with Crippen molar-refractivity contribution in [3.05, 3.63) is 11.9 Å². The molecule has 1 aromatic heterocycles. The Morgan fingerprint density at radius 1 is 1.00 bits per heavy atom. The molecule has 0 aromatic carbocycles. The van der Waals surface area contributed by atoms with Crippen LogP contribution in [0.3, 0.4) is 0 Å². The van der Waals surface area contributed by atoms with Crippen LogP contribution in [0.4, 0.5) is 0 Å². The summed E-state index contributed by atoms with van der Waals surface area (Å²) in [6, 6.07) is 0. The Kier molecular flexibility index (Phi) is 9.91. The third-order valence-electron chi connectivity index (χ3n) is 3.55. The summed E-state index contributed by atoms with van der Waals surface area (Å²) >= 11 is 1.17. The molecule has 19 heavy (non-hydrogen) atoms. The maximum atomic E-state index is 9.84. The fraction of sp³-hybridized carbons (Fsp3) is 0.867. The van der Waals surface area contributed by atoms with Gasteiger partial charge in [0.1, 0.15) is 5.69 Å². The molecule has 1 unspecified atom stereocenters. The Bertz CT molecular complexity index is 290. The Morgan fingerprint density at radius 3 is 2.11 bits per heavy atom. The SMILES string of the molecule is CCCCCCCCCCCCC(O)c1cnsn1. The summed E-state index contributed by atoms with van der Waals surface area (Å²) in [5.41, 5.74) is 0.737. The third kappa shape index (κ3) is 8.32. The van der Waals surface area contributed by atoms with Crippen LogP contribution in [0.2, 0.25) is 0 Å². The summed E-state index contributed by atoms with van der Waals surface area (Å²) in [4.78, 5) is 0. The summed E-state index contributed by atoms with van der Waals surface area (Å²) in [6.45, 7) is 2.26. The zero-order chi connectivity index (χ0) is 13.8. The first-order chi connectivity index (χ1) is 9.34. The van der Waals surface area contributed by atoms with Crippen molar-refractivity contribution in [1.82, 2.24) is 8.75 Å². The molecule has 0 spiro atoms. The molecular formula is C15H28N2OS. The number of aliphatic hydroxyl groups is 1. The predicted molar refractivity (Wildman–Crippen MR) is 81.3 cm³/mol. The van der Waals surface area contributed by atoms with Crippen molar-refractivity contribution in [3.8, 4) is 0 Å². The van der Waals surface area contributed by atoms with E-state index in [1.807, 2.05) is 0 Å². The van der Waals surface area contributed by atoms with E-state index in [4.69, 9.17) is 0 Å². The zero-order valence-electron chi connectivity index (χ0n) is 12.2. The fourth-order valence-corrected chi connectivity index (χ4v) is 2.76. The summed E-state index contributed by atoms with van der Waals surface area (Å²) in [5.74, 6) is 0. The van der Waals surface area contributed by atoms with E-state index in [1.165, 1.54) is 69.5 Å². The number of hydrogen-bond donors (Lipinski definition) is 1. The van der Waals surface area contributed by atoms with Gasteiger partial charge < -0.3 is 5.11 Å². The van der Waals surface area contributed by atoms with Gasteiger partial charge in [-0.1, -0.05) is 71.1 Å². The lowest BCUT2D eigenvalue weighted by Crippen LogP contribution is -1.97. The Hall–Kier alpha value is -0.480. The number of unbranched alkanes of at least 4 members (excludes halogenated alkanes) is 9. The summed E-state index contributed by atoms with van der Waals surface area (Å²) in [5, 5.41) is 9.84. The highest BCUT2D eigenvalue weighted by molar-refractivity contribution is 6.99. The minimum absolute atomic E-state index is 0.409. The van der Waals surface area contributed by atoms with Gasteiger partial charge in [0.25, 0.3) is 0 Å². The third-order valence-corrected chi connectivity index (χ3v) is 4.04. The van der Waals surface area contributed by atoms with Crippen LogP contribution in [0.5, 0.6) is 0 Å². The van der Waals surface area contributed by atoms with Gasteiger partial charge in [-0.2, -0.15) is 8.75 Å². The van der Waals surface area contributed by atoms with E-state index in [0.717, 1.165) is 18.5 Å². The van der Waals surface area contributed by atoms with Gasteiger partial charge in [0.2, 0.25) is 0 Å². The van der Waals surface area contributed by atoms with Crippen molar-refractivity contribution in [2.45, 2.75) is 83.7 Å². The lowest BCUT2D eigenvalue weighted by atomic mass is 10.0. The molecule has 1 rings (SSSR count). The molecule has 1 heterocycles. The molecule has 0 bridgehead atoms. The Morgan fingerprint density at radius 2 is 1.58 bits per heavy atom. The van der Waals surface area contributed by atoms with Crippen molar-refractivity contribution >= 4 is 11.7 Å². The summed E-state index contributed by atoms with van der Waals surface area (Å²) in [6.07, 6.45) is 15.4. The number of hydrogen-bond acceptors (Lipinski definition) is 4. The van der Waals surface area contributed by atoms with Crippen molar-refractivity contribution < 1.29 is 5.11 Å². The summed E-state index contributed by atoms with van der Waals surface area (Å²) < 4.78 is 7.97. The topological polar surface area (TPSA) is 46.0 Å². The average molecular weight is 284 g/mol. The minimum atomic E-state index is -0.409. The maximum absolute atomic E-state index is 9.84. The van der Waals surface area contributed by atoms with Crippen LogP contribution in [0.25, 0.3) is 0 Å². The molecule has 0 saturated heterocycles. The summed E-state index contributed by atoms with van der Waals surface area (Å²) in [7, 11) is 0. The van der Waals surface area contributed by atoms with Gasteiger partial charge in [0.05, 0.1) is 24.0 Å². The highest BCUT2D eigenvalue weighted by atomic mass is 32.1. The molecular weight excluding hydrogens is 256 g/mol. The van der Waals surface area contributed by atoms with Crippen LogP contribution in [0.1, 0.15) is 89.4 Å². The predicted octanol–water partition coefficient (Wildman–Crippen LogP) is 4.88. The monoisotopic (exact) mass is 284 g/mol. The standard InChI is InChI=1S/C15H28N2OS/c1-2-3-4-5-6-7-8-9-10-11-12-15(18)14-13-16-19-17-14/h13,15,18H,2-12H2,1H3. The largest absolute Gasteiger partial charge is 0.387 e. The number of rotatable bonds is 12. The number of aromatic nitrogens is 2. The number of nitrogens with zero attached hydrogens (tertiary/aromatic N) is 2. The van der Waals surface area contributed by atoms with Gasteiger partial charge >= 0.3 is 0 Å². The van der Waals surface area contributed by atoms with E-state index in [-0.39, 0.29) is 0 Å². The average Bonchev–Trinajstić information content (AvgIpc) is 2.95. The molecule has 3 nitrogen and oxygen atoms in total. The molecule has 1 N–H and O–H groups in total. The first-order valence-electron chi connectivity index (χ1n) is 7.80. The first-order valence-corrected chi connectivity index (χ1v) is 8.53. The van der Waals surface area contributed by atoms with Crippen LogP contribution in [-0.4, -0.2) is 13.9 Å². The van der Waals surface area contributed by atoms with Gasteiger partial charge in [0.15, 0.2) is 0 Å². The quantitative estimate of drug-likeness (QED) is 0.556. The van der Waals surface area contributed by atoms with Crippen molar-refractivity contribution in [3.63, 3.8) is 0 Å². The van der Waals surface area contributed by atoms with Crippen molar-refractivity contribution in [2.75, 3.05) is 0 Å². The van der Waals surface area contributed by atoms with Crippen molar-refractivity contribution in [2.24, 2.45) is 0 Å². The normalized spacial score (nSPS) is 12.7. The van der Waals surface area contributed by atoms with Gasteiger partial charge in [-0.15, -0.1) is 0 Å². The van der Waals surface area contributed by atoms with Crippen LogP contribution in [0, 0.1) is 0 Å². The number of aliphatic hydroxyl groups excluding tert-OH is 1. The molecule has 1 aromatic rings. The lowest BCUT2D eigenvalue weighted by Gasteiger charge is -2.06. The van der Waals surface area contributed by atoms with E-state index >= 15 is 0 Å². The van der Waals surface area contributed by atoms with Crippen LogP contribution in [-0.2, 0) is 0 Å². The highest BCUT2D eigenvalue weighted by Gasteiger charge is 2.09. The molecule has 0 aliphatic carbocycles. The van der Waals surface area contributed by atoms with E-state index in [0.29, 0.717) is 0 Å². The fourth-order valence-electron chi connectivity index (χ4n) is 2.29. The Labute approximate surface area is 121 Å². The van der Waals surface area contributed by atoms with E-state index < -0.39 is 6.10 Å². The van der Waals surface area contributed by atoms with Crippen LogP contribution in [0.15, 0.2) is 6.20 Å². The molecule has 0 aliphatic heterocycles. The van der Waals surface area contributed by atoms with E-state index in [1.54, 1.807) is 6.20 Å². The van der Waals surface area contributed by atoms with Gasteiger partial charge in [0, 0.05) is 0 Å². The van der Waals surface area contributed by atoms with Crippen molar-refractivity contribution in [1.29, 1.82) is 0 Å². The molecule has 0 saturated carbocycles.